The second kappa shape index (κ2) is 6.88. The number of nitrogens with zero attached hydrogens (tertiary/aromatic N) is 3. The summed E-state index contributed by atoms with van der Waals surface area (Å²) >= 11 is 0. The van der Waals surface area contributed by atoms with Crippen LogP contribution in [0.2, 0.25) is 0 Å². The van der Waals surface area contributed by atoms with Gasteiger partial charge in [-0.05, 0) is 25.6 Å². The molecule has 108 valence electrons. The molecule has 1 aliphatic heterocycles. The molecular formula is C15H21ClN4. The smallest absolute Gasteiger partial charge is 0.127 e. The van der Waals surface area contributed by atoms with Crippen molar-refractivity contribution in [1.29, 1.82) is 0 Å². The van der Waals surface area contributed by atoms with Crippen molar-refractivity contribution in [2.75, 3.05) is 20.1 Å². The number of halogens is 1. The number of imidazole rings is 1. The summed E-state index contributed by atoms with van der Waals surface area (Å²) in [4.78, 5) is 6.97. The molecule has 0 saturated carbocycles. The normalized spacial score (nSPS) is 18.9. The van der Waals surface area contributed by atoms with Gasteiger partial charge in [-0.25, -0.2) is 4.98 Å². The molecule has 0 aliphatic carbocycles. The molecule has 2 heterocycles. The third-order valence-corrected chi connectivity index (χ3v) is 3.80. The fraction of sp³-hybridized carbons (Fsp3) is 0.400. The summed E-state index contributed by atoms with van der Waals surface area (Å²) in [6.07, 6.45) is 5.15. The van der Waals surface area contributed by atoms with Crippen LogP contribution in [0.4, 0.5) is 0 Å². The molecule has 0 radical (unpaired) electrons. The molecule has 1 unspecified atom stereocenters. The molecule has 1 fully saturated rings. The van der Waals surface area contributed by atoms with E-state index in [1.807, 2.05) is 25.5 Å². The number of hydrogen-bond acceptors (Lipinski definition) is 3. The van der Waals surface area contributed by atoms with E-state index in [4.69, 9.17) is 0 Å². The lowest BCUT2D eigenvalue weighted by Crippen LogP contribution is -2.29. The van der Waals surface area contributed by atoms with Gasteiger partial charge in [0.1, 0.15) is 5.82 Å². The van der Waals surface area contributed by atoms with Crippen molar-refractivity contribution in [2.45, 2.75) is 19.0 Å². The Bertz CT molecular complexity index is 526. The van der Waals surface area contributed by atoms with Gasteiger partial charge in [-0.1, -0.05) is 18.2 Å². The second-order valence-corrected chi connectivity index (χ2v) is 5.06. The number of rotatable bonds is 4. The Balaban J connectivity index is 0.00000147. The van der Waals surface area contributed by atoms with E-state index in [2.05, 4.69) is 44.0 Å². The number of aromatic nitrogens is 2. The first kappa shape index (κ1) is 15.0. The zero-order valence-electron chi connectivity index (χ0n) is 11.7. The average molecular weight is 293 g/mol. The van der Waals surface area contributed by atoms with E-state index in [-0.39, 0.29) is 12.4 Å². The van der Waals surface area contributed by atoms with E-state index in [0.29, 0.717) is 6.04 Å². The Morgan fingerprint density at radius 2 is 2.10 bits per heavy atom. The summed E-state index contributed by atoms with van der Waals surface area (Å²) in [6.45, 7) is 3.17. The molecule has 1 aromatic heterocycles. The molecule has 1 aliphatic rings. The molecule has 2 aromatic rings. The van der Waals surface area contributed by atoms with Gasteiger partial charge in [-0.15, -0.1) is 12.4 Å². The molecule has 1 N–H and O–H groups in total. The average Bonchev–Trinajstić information content (AvgIpc) is 3.09. The minimum Gasteiger partial charge on any atom is -0.316 e. The summed E-state index contributed by atoms with van der Waals surface area (Å²) in [5.74, 6) is 1.11. The van der Waals surface area contributed by atoms with Crippen molar-refractivity contribution < 1.29 is 0 Å². The van der Waals surface area contributed by atoms with Crippen LogP contribution in [0.5, 0.6) is 0 Å². The van der Waals surface area contributed by atoms with E-state index >= 15 is 0 Å². The van der Waals surface area contributed by atoms with E-state index in [1.54, 1.807) is 0 Å². The molecule has 0 bridgehead atoms. The predicted octanol–water partition coefficient (Wildman–Crippen LogP) is 2.09. The van der Waals surface area contributed by atoms with E-state index in [0.717, 1.165) is 25.5 Å². The number of hydrogen-bond donors (Lipinski definition) is 1. The van der Waals surface area contributed by atoms with Gasteiger partial charge in [-0.3, -0.25) is 4.90 Å². The van der Waals surface area contributed by atoms with Crippen molar-refractivity contribution in [1.82, 2.24) is 19.8 Å². The number of likely N-dealkylation sites (N-methyl/N-ethyl adjacent to an activating group) is 1. The first-order valence-electron chi connectivity index (χ1n) is 6.84. The van der Waals surface area contributed by atoms with Crippen LogP contribution in [0.3, 0.4) is 0 Å². The molecule has 1 atom stereocenters. The first-order chi connectivity index (χ1) is 9.36. The highest BCUT2D eigenvalue weighted by Crippen LogP contribution is 2.15. The number of nitrogens with one attached hydrogen (secondary N) is 1. The quantitative estimate of drug-likeness (QED) is 0.937. The summed E-state index contributed by atoms with van der Waals surface area (Å²) in [5.41, 5.74) is 1.18. The van der Waals surface area contributed by atoms with Crippen LogP contribution in [-0.4, -0.2) is 40.6 Å². The monoisotopic (exact) mass is 292 g/mol. The van der Waals surface area contributed by atoms with E-state index < -0.39 is 0 Å². The third kappa shape index (κ3) is 3.20. The van der Waals surface area contributed by atoms with E-state index in [9.17, 15) is 0 Å². The van der Waals surface area contributed by atoms with Crippen LogP contribution < -0.4 is 5.32 Å². The summed E-state index contributed by atoms with van der Waals surface area (Å²) in [7, 11) is 2.04. The Kier molecular flexibility index (Phi) is 5.17. The summed E-state index contributed by atoms with van der Waals surface area (Å²) < 4.78 is 2.17. The van der Waals surface area contributed by atoms with Gasteiger partial charge in [0, 0.05) is 37.2 Å². The number of para-hydroxylation sites is 1. The topological polar surface area (TPSA) is 33.1 Å². The van der Waals surface area contributed by atoms with Crippen LogP contribution in [0.25, 0.3) is 5.69 Å². The van der Waals surface area contributed by atoms with Gasteiger partial charge in [-0.2, -0.15) is 0 Å². The van der Waals surface area contributed by atoms with Gasteiger partial charge < -0.3 is 9.88 Å². The molecule has 1 saturated heterocycles. The molecule has 0 spiro atoms. The molecule has 3 rings (SSSR count). The van der Waals surface area contributed by atoms with Crippen LogP contribution in [0.15, 0.2) is 42.7 Å². The van der Waals surface area contributed by atoms with Gasteiger partial charge in [0.05, 0.1) is 6.54 Å². The highest BCUT2D eigenvalue weighted by atomic mass is 35.5. The summed E-state index contributed by atoms with van der Waals surface area (Å²) in [5, 5.41) is 3.35. The zero-order valence-corrected chi connectivity index (χ0v) is 12.5. The number of likely N-dealkylation sites (tertiary alicyclic amines) is 1. The summed E-state index contributed by atoms with van der Waals surface area (Å²) in [6, 6.07) is 11.0. The van der Waals surface area contributed by atoms with E-state index in [1.165, 1.54) is 12.1 Å². The minimum atomic E-state index is 0. The first-order valence-corrected chi connectivity index (χ1v) is 6.84. The number of benzene rings is 1. The van der Waals surface area contributed by atoms with Gasteiger partial charge in [0.25, 0.3) is 0 Å². The lowest BCUT2D eigenvalue weighted by molar-refractivity contribution is 0.312. The fourth-order valence-corrected chi connectivity index (χ4v) is 2.69. The molecule has 5 heteroatoms. The molecule has 4 nitrogen and oxygen atoms in total. The van der Waals surface area contributed by atoms with Gasteiger partial charge >= 0.3 is 0 Å². The van der Waals surface area contributed by atoms with Crippen molar-refractivity contribution in [3.8, 4) is 5.69 Å². The van der Waals surface area contributed by atoms with Crippen molar-refractivity contribution in [2.24, 2.45) is 0 Å². The zero-order chi connectivity index (χ0) is 13.1. The lowest BCUT2D eigenvalue weighted by atomic mass is 10.3. The van der Waals surface area contributed by atoms with Crippen LogP contribution in [0, 0.1) is 0 Å². The third-order valence-electron chi connectivity index (χ3n) is 3.80. The SMILES string of the molecule is CNC1CCN(Cc2nccn2-c2ccccc2)C1.Cl. The van der Waals surface area contributed by atoms with Crippen molar-refractivity contribution in [3.63, 3.8) is 0 Å². The second-order valence-electron chi connectivity index (χ2n) is 5.06. The van der Waals surface area contributed by atoms with Crippen molar-refractivity contribution >= 4 is 12.4 Å². The Morgan fingerprint density at radius 1 is 1.30 bits per heavy atom. The highest BCUT2D eigenvalue weighted by Gasteiger charge is 2.22. The maximum atomic E-state index is 4.51. The fourth-order valence-electron chi connectivity index (χ4n) is 2.69. The Morgan fingerprint density at radius 3 is 2.80 bits per heavy atom. The van der Waals surface area contributed by atoms with Crippen LogP contribution in [-0.2, 0) is 6.54 Å². The largest absolute Gasteiger partial charge is 0.316 e. The molecule has 1 aromatic carbocycles. The lowest BCUT2D eigenvalue weighted by Gasteiger charge is -2.16. The molecule has 0 amide bonds. The van der Waals surface area contributed by atoms with Crippen LogP contribution >= 0.6 is 12.4 Å². The predicted molar refractivity (Wildman–Crippen MR) is 83.6 cm³/mol. The van der Waals surface area contributed by atoms with Crippen molar-refractivity contribution in [3.05, 3.63) is 48.5 Å². The standard InChI is InChI=1S/C15H20N4.ClH/c1-16-13-7-9-18(11-13)12-15-17-8-10-19(15)14-5-3-2-4-6-14;/h2-6,8,10,13,16H,7,9,11-12H2,1H3;1H. The maximum Gasteiger partial charge on any atom is 0.127 e. The van der Waals surface area contributed by atoms with Gasteiger partial charge in [0.2, 0.25) is 0 Å². The maximum absolute atomic E-state index is 4.51. The molecule has 20 heavy (non-hydrogen) atoms. The minimum absolute atomic E-state index is 0. The molecular weight excluding hydrogens is 272 g/mol. The Hall–Kier alpha value is -1.36. The Labute approximate surface area is 126 Å². The highest BCUT2D eigenvalue weighted by molar-refractivity contribution is 5.85. The van der Waals surface area contributed by atoms with Crippen LogP contribution in [0.1, 0.15) is 12.2 Å². The van der Waals surface area contributed by atoms with Gasteiger partial charge in [0.15, 0.2) is 0 Å².